The van der Waals surface area contributed by atoms with Crippen LogP contribution in [0.5, 0.6) is 0 Å². The van der Waals surface area contributed by atoms with E-state index in [0.717, 1.165) is 6.07 Å². The van der Waals surface area contributed by atoms with E-state index in [0.29, 0.717) is 11.8 Å². The average Bonchev–Trinajstić information content (AvgIpc) is 3.20. The number of nitrogens with zero attached hydrogens (tertiary/aromatic N) is 5. The molecule has 6 atom stereocenters. The first-order chi connectivity index (χ1) is 22.1. The van der Waals surface area contributed by atoms with Crippen molar-refractivity contribution in [1.29, 1.82) is 0 Å². The van der Waals surface area contributed by atoms with Crippen LogP contribution in [0.3, 0.4) is 0 Å². The quantitative estimate of drug-likeness (QED) is 0.227. The van der Waals surface area contributed by atoms with Crippen LogP contribution in [0.4, 0.5) is 10.2 Å². The number of aromatic nitrogens is 5. The topological polar surface area (TPSA) is 138 Å². The molecular formula is C24H31FN6O4S. The van der Waals surface area contributed by atoms with Gasteiger partial charge in [0.05, 0.1) is 34.9 Å². The van der Waals surface area contributed by atoms with Crippen LogP contribution in [-0.4, -0.2) is 83.4 Å². The molecule has 0 radical (unpaired) electrons. The Morgan fingerprint density at radius 3 is 2.92 bits per heavy atom. The molecule has 0 saturated heterocycles. The van der Waals surface area contributed by atoms with Crippen LogP contribution in [0.2, 0.25) is 0 Å². The number of ether oxygens (including phenoxy) is 1. The lowest BCUT2D eigenvalue weighted by Crippen LogP contribution is -2.33. The van der Waals surface area contributed by atoms with Crippen molar-refractivity contribution in [2.45, 2.75) is 74.4 Å². The van der Waals surface area contributed by atoms with Gasteiger partial charge in [-0.15, -0.1) is 5.10 Å². The summed E-state index contributed by atoms with van der Waals surface area (Å²) in [4.78, 5) is 8.27. The predicted octanol–water partition coefficient (Wildman–Crippen LogP) is 2.18. The molecule has 3 aromatic rings. The summed E-state index contributed by atoms with van der Waals surface area (Å²) >= 11 is 0.401. The summed E-state index contributed by atoms with van der Waals surface area (Å²) in [6.07, 6.45) is -18.5. The second-order valence-electron chi connectivity index (χ2n) is 7.70. The second-order valence-corrected chi connectivity index (χ2v) is 8.56. The van der Waals surface area contributed by atoms with Crippen LogP contribution in [-0.2, 0) is 4.74 Å². The number of anilines is 1. The van der Waals surface area contributed by atoms with Crippen molar-refractivity contribution in [2.75, 3.05) is 24.2 Å². The van der Waals surface area contributed by atoms with Crippen LogP contribution in [0.25, 0.3) is 11.2 Å². The van der Waals surface area contributed by atoms with Gasteiger partial charge in [0.15, 0.2) is 22.1 Å². The molecule has 2 heterocycles. The Morgan fingerprint density at radius 1 is 1.33 bits per heavy atom. The van der Waals surface area contributed by atoms with E-state index < -0.39 is 95.8 Å². The molecule has 2 fully saturated rings. The molecular weight excluding hydrogens is 487 g/mol. The minimum absolute atomic E-state index is 0.105. The molecule has 0 aliphatic heterocycles. The fraction of sp³-hybridized carbons (Fsp3) is 0.583. The molecule has 1 aromatic carbocycles. The molecule has 2 aliphatic carbocycles. The zero-order valence-electron chi connectivity index (χ0n) is 32.0. The van der Waals surface area contributed by atoms with Crippen molar-refractivity contribution in [3.63, 3.8) is 0 Å². The van der Waals surface area contributed by atoms with E-state index in [1.807, 2.05) is 0 Å². The van der Waals surface area contributed by atoms with Gasteiger partial charge in [0.2, 0.25) is 0 Å². The number of nitrogens with one attached hydrogen (secondary N) is 1. The van der Waals surface area contributed by atoms with Gasteiger partial charge in [0, 0.05) is 32.2 Å². The molecule has 5 rings (SSSR count). The third kappa shape index (κ3) is 4.92. The molecule has 0 amide bonds. The van der Waals surface area contributed by atoms with Gasteiger partial charge >= 0.3 is 0 Å². The number of aryl methyl sites for hydroxylation is 1. The average molecular weight is 532 g/mol. The Bertz CT molecular complexity index is 1820. The van der Waals surface area contributed by atoms with E-state index in [1.54, 1.807) is 0 Å². The zero-order valence-corrected chi connectivity index (χ0v) is 19.8. The summed E-state index contributed by atoms with van der Waals surface area (Å²) in [5, 5.41) is 41.2. The molecule has 0 bridgehead atoms. The van der Waals surface area contributed by atoms with E-state index >= 15 is 0 Å². The minimum atomic E-state index is -4.11. The first kappa shape index (κ1) is 14.0. The Kier molecular flexibility index (Phi) is 4.09. The van der Waals surface area contributed by atoms with Crippen molar-refractivity contribution in [2.24, 2.45) is 0 Å². The normalized spacial score (nSPS) is 46.7. The molecule has 2 saturated carbocycles. The Hall–Kier alpha value is -2.38. The number of halogens is 1. The second kappa shape index (κ2) is 10.5. The third-order valence-corrected chi connectivity index (χ3v) is 6.06. The van der Waals surface area contributed by atoms with E-state index in [2.05, 4.69) is 25.6 Å². The van der Waals surface area contributed by atoms with Gasteiger partial charge in [-0.2, -0.15) is 0 Å². The van der Waals surface area contributed by atoms with Crippen LogP contribution < -0.4 is 5.32 Å². The highest BCUT2D eigenvalue weighted by Gasteiger charge is 2.45. The van der Waals surface area contributed by atoms with E-state index in [1.165, 1.54) is 26.0 Å². The van der Waals surface area contributed by atoms with Crippen LogP contribution in [0, 0.1) is 12.7 Å². The number of benzene rings is 1. The molecule has 36 heavy (non-hydrogen) atoms. The van der Waals surface area contributed by atoms with E-state index in [-0.39, 0.29) is 22.2 Å². The van der Waals surface area contributed by atoms with Crippen LogP contribution >= 0.6 is 11.8 Å². The van der Waals surface area contributed by atoms with Crippen LogP contribution in [0.15, 0.2) is 23.4 Å². The molecule has 194 valence electrons. The van der Waals surface area contributed by atoms with E-state index in [4.69, 9.17) is 22.6 Å². The predicted molar refractivity (Wildman–Crippen MR) is 133 cm³/mol. The van der Waals surface area contributed by atoms with Gasteiger partial charge < -0.3 is 25.4 Å². The number of rotatable bonds is 10. The summed E-state index contributed by atoms with van der Waals surface area (Å²) < 4.78 is 128. The molecule has 12 heteroatoms. The maximum atomic E-state index is 14.4. The maximum Gasteiger partial charge on any atom is 0.191 e. The standard InChI is InChI=1S/C24H31FN6O4S/c1-3-8-36-24-27-22(26-16-10-14(16)13-5-4-12(2)15(25)9-13)19-23(28-24)31(30-29-19)17-11-18(35-7-6-32)21(34)20(17)33/h4-5,9,14,16-18,20-21,32-34H,3,6-8,10-11H2,1-2H3,(H,26,27,28)/t14-,16+,17+,18-,20-,21+/m0/s1/i6D2,8D2,10D2,11D2,16D,17D,18D,20D,21D. The summed E-state index contributed by atoms with van der Waals surface area (Å²) in [5.74, 6) is -2.47. The lowest BCUT2D eigenvalue weighted by Gasteiger charge is -2.17. The van der Waals surface area contributed by atoms with E-state index in [9.17, 15) is 19.7 Å². The van der Waals surface area contributed by atoms with Gasteiger partial charge in [-0.1, -0.05) is 36.0 Å². The van der Waals surface area contributed by atoms with Crippen molar-refractivity contribution >= 4 is 28.7 Å². The molecule has 4 N–H and O–H groups in total. The number of hydrogen-bond acceptors (Lipinski definition) is 10. The number of fused-ring (bicyclic) bond motifs is 1. The highest BCUT2D eigenvalue weighted by Crippen LogP contribution is 2.44. The number of hydrogen-bond donors (Lipinski definition) is 4. The fourth-order valence-corrected chi connectivity index (χ4v) is 3.95. The minimum Gasteiger partial charge on any atom is -0.394 e. The Morgan fingerprint density at radius 2 is 2.17 bits per heavy atom. The monoisotopic (exact) mass is 531 g/mol. The zero-order chi connectivity index (χ0) is 37.2. The van der Waals surface area contributed by atoms with Crippen molar-refractivity contribution in [3.05, 3.63) is 35.1 Å². The molecule has 2 aromatic heterocycles. The smallest absolute Gasteiger partial charge is 0.191 e. The van der Waals surface area contributed by atoms with Crippen molar-refractivity contribution in [1.82, 2.24) is 25.0 Å². The Balaban J connectivity index is 1.71. The third-order valence-electron chi connectivity index (χ3n) is 5.26. The Labute approximate surface area is 230 Å². The summed E-state index contributed by atoms with van der Waals surface area (Å²) in [6, 6.07) is -2.18. The summed E-state index contributed by atoms with van der Waals surface area (Å²) in [5.41, 5.74) is -3.00. The molecule has 0 unspecified atom stereocenters. The van der Waals surface area contributed by atoms with Crippen LogP contribution in [0.1, 0.15) is 67.0 Å². The van der Waals surface area contributed by atoms with Gasteiger partial charge in [-0.25, -0.2) is 19.0 Å². The lowest BCUT2D eigenvalue weighted by molar-refractivity contribution is -0.0629. The number of thioether (sulfide) groups is 1. The number of aliphatic hydroxyl groups is 3. The lowest BCUT2D eigenvalue weighted by atomic mass is 10.1. The van der Waals surface area contributed by atoms with Gasteiger partial charge in [-0.05, 0) is 36.9 Å². The van der Waals surface area contributed by atoms with Gasteiger partial charge in [-0.3, -0.25) is 0 Å². The summed E-state index contributed by atoms with van der Waals surface area (Å²) in [6.45, 7) is -1.82. The maximum absolute atomic E-state index is 14.4. The largest absolute Gasteiger partial charge is 0.394 e. The van der Waals surface area contributed by atoms with Crippen molar-refractivity contribution < 1.29 is 42.3 Å². The van der Waals surface area contributed by atoms with Gasteiger partial charge in [0.1, 0.15) is 18.0 Å². The molecule has 0 spiro atoms. The summed E-state index contributed by atoms with van der Waals surface area (Å²) in [7, 11) is 0. The highest BCUT2D eigenvalue weighted by molar-refractivity contribution is 7.99. The first-order valence-electron chi connectivity index (χ1n) is 17.2. The molecule has 10 nitrogen and oxygen atoms in total. The molecule has 2 aliphatic rings. The SMILES string of the molecule is [2H]C([2H])(O)CO[C@@]1([2H])C([2H])([2H])[C@@]([2H])(n2nnc3c(N[C@@]4([2H])[C@H](c5ccc(C)c(F)c5)C4([2H])[2H])nc(SC([2H])([2H])CC)nc32)[C@]([2H])(O)[C@]1([2H])O. The van der Waals surface area contributed by atoms with Crippen molar-refractivity contribution in [3.8, 4) is 0 Å². The fourth-order valence-electron chi connectivity index (χ4n) is 3.41. The van der Waals surface area contributed by atoms with Gasteiger partial charge in [0.25, 0.3) is 0 Å². The first-order valence-corrected chi connectivity index (χ1v) is 11.6. The highest BCUT2D eigenvalue weighted by atomic mass is 32.2.